The van der Waals surface area contributed by atoms with E-state index in [2.05, 4.69) is 51.8 Å². The maximum absolute atomic E-state index is 5.91. The number of methoxy groups -OCH3 is 1. The van der Waals surface area contributed by atoms with E-state index < -0.39 is 0 Å². The lowest BCUT2D eigenvalue weighted by molar-refractivity contribution is 0.180. The molecule has 0 aromatic heterocycles. The van der Waals surface area contributed by atoms with Crippen LogP contribution in [-0.4, -0.2) is 58.3 Å². The molecular formula is C23H34N4O2. The summed E-state index contributed by atoms with van der Waals surface area (Å²) in [6.07, 6.45) is 1.04. The van der Waals surface area contributed by atoms with Gasteiger partial charge in [-0.05, 0) is 36.7 Å². The lowest BCUT2D eigenvalue weighted by Gasteiger charge is -2.18. The zero-order chi connectivity index (χ0) is 20.7. The van der Waals surface area contributed by atoms with Gasteiger partial charge in [-0.1, -0.05) is 42.5 Å². The van der Waals surface area contributed by atoms with Crippen LogP contribution in [0.5, 0.6) is 5.75 Å². The van der Waals surface area contributed by atoms with Crippen LogP contribution in [-0.2, 0) is 17.9 Å². The topological polar surface area (TPSA) is 58.1 Å². The molecule has 0 atom stereocenters. The van der Waals surface area contributed by atoms with Gasteiger partial charge >= 0.3 is 0 Å². The number of nitrogens with zero attached hydrogens (tertiary/aromatic N) is 2. The molecule has 2 rings (SSSR count). The van der Waals surface area contributed by atoms with Crippen LogP contribution in [0.15, 0.2) is 59.6 Å². The van der Waals surface area contributed by atoms with Crippen molar-refractivity contribution in [2.24, 2.45) is 4.99 Å². The molecule has 0 aliphatic carbocycles. The number of likely N-dealkylation sites (N-methyl/N-ethyl adjacent to an activating group) is 1. The Morgan fingerprint density at radius 1 is 1.00 bits per heavy atom. The van der Waals surface area contributed by atoms with Crippen molar-refractivity contribution >= 4 is 5.96 Å². The van der Waals surface area contributed by atoms with Crippen molar-refractivity contribution in [2.45, 2.75) is 19.6 Å². The summed E-state index contributed by atoms with van der Waals surface area (Å²) in [5.74, 6) is 1.67. The molecule has 0 amide bonds. The van der Waals surface area contributed by atoms with Gasteiger partial charge in [0.15, 0.2) is 5.96 Å². The number of ether oxygens (including phenoxy) is 2. The van der Waals surface area contributed by atoms with Crippen molar-refractivity contribution in [1.82, 2.24) is 15.5 Å². The molecule has 6 heteroatoms. The van der Waals surface area contributed by atoms with Crippen LogP contribution in [0.1, 0.15) is 17.5 Å². The van der Waals surface area contributed by atoms with Crippen LogP contribution < -0.4 is 15.4 Å². The molecule has 158 valence electrons. The van der Waals surface area contributed by atoms with Crippen molar-refractivity contribution in [3.05, 3.63) is 65.7 Å². The van der Waals surface area contributed by atoms with Crippen LogP contribution in [0, 0.1) is 0 Å². The Labute approximate surface area is 174 Å². The van der Waals surface area contributed by atoms with Gasteiger partial charge in [0.1, 0.15) is 12.4 Å². The SMILES string of the molecule is CN=C(NCCN(C)CCCOC)NCc1cccc(OCc2ccccc2)c1. The summed E-state index contributed by atoms with van der Waals surface area (Å²) in [6, 6.07) is 18.3. The van der Waals surface area contributed by atoms with Gasteiger partial charge in [0.25, 0.3) is 0 Å². The highest BCUT2D eigenvalue weighted by Gasteiger charge is 2.02. The summed E-state index contributed by atoms with van der Waals surface area (Å²) in [4.78, 5) is 6.58. The van der Waals surface area contributed by atoms with Gasteiger partial charge in [0, 0.05) is 46.9 Å². The number of guanidine groups is 1. The Bertz CT molecular complexity index is 722. The minimum absolute atomic E-state index is 0.568. The van der Waals surface area contributed by atoms with E-state index in [1.165, 1.54) is 0 Å². The number of aliphatic imine (C=N–C) groups is 1. The van der Waals surface area contributed by atoms with Gasteiger partial charge in [-0.25, -0.2) is 0 Å². The third kappa shape index (κ3) is 9.45. The van der Waals surface area contributed by atoms with Gasteiger partial charge in [-0.3, -0.25) is 4.99 Å². The summed E-state index contributed by atoms with van der Waals surface area (Å²) in [7, 11) is 5.65. The zero-order valence-corrected chi connectivity index (χ0v) is 17.9. The fourth-order valence-electron chi connectivity index (χ4n) is 2.85. The minimum atomic E-state index is 0.568. The second kappa shape index (κ2) is 13.6. The predicted octanol–water partition coefficient (Wildman–Crippen LogP) is 2.90. The summed E-state index contributed by atoms with van der Waals surface area (Å²) in [5, 5.41) is 6.71. The highest BCUT2D eigenvalue weighted by molar-refractivity contribution is 5.79. The Morgan fingerprint density at radius 3 is 2.55 bits per heavy atom. The van der Waals surface area contributed by atoms with E-state index in [9.17, 15) is 0 Å². The fraction of sp³-hybridized carbons (Fsp3) is 0.435. The molecule has 2 aromatic rings. The van der Waals surface area contributed by atoms with E-state index in [-0.39, 0.29) is 0 Å². The van der Waals surface area contributed by atoms with Gasteiger partial charge in [-0.15, -0.1) is 0 Å². The Kier molecular flexibility index (Phi) is 10.6. The van der Waals surface area contributed by atoms with Crippen LogP contribution >= 0.6 is 0 Å². The van der Waals surface area contributed by atoms with E-state index in [1.54, 1.807) is 14.2 Å². The Balaban J connectivity index is 1.72. The van der Waals surface area contributed by atoms with Crippen LogP contribution in [0.4, 0.5) is 0 Å². The first-order chi connectivity index (χ1) is 14.2. The first-order valence-corrected chi connectivity index (χ1v) is 10.1. The average Bonchev–Trinajstić information content (AvgIpc) is 2.76. The van der Waals surface area contributed by atoms with E-state index in [0.717, 1.165) is 55.5 Å². The monoisotopic (exact) mass is 398 g/mol. The van der Waals surface area contributed by atoms with Gasteiger partial charge < -0.3 is 25.0 Å². The predicted molar refractivity (Wildman–Crippen MR) is 119 cm³/mol. The minimum Gasteiger partial charge on any atom is -0.489 e. The molecule has 2 N–H and O–H groups in total. The third-order valence-electron chi connectivity index (χ3n) is 4.50. The second-order valence-electron chi connectivity index (χ2n) is 6.92. The molecular weight excluding hydrogens is 364 g/mol. The average molecular weight is 399 g/mol. The maximum atomic E-state index is 5.91. The molecule has 0 aliphatic heterocycles. The van der Waals surface area contributed by atoms with Crippen molar-refractivity contribution in [3.63, 3.8) is 0 Å². The van der Waals surface area contributed by atoms with Gasteiger partial charge in [-0.2, -0.15) is 0 Å². The van der Waals surface area contributed by atoms with Crippen molar-refractivity contribution in [1.29, 1.82) is 0 Å². The van der Waals surface area contributed by atoms with E-state index in [1.807, 2.05) is 30.3 Å². The number of hydrogen-bond donors (Lipinski definition) is 2. The summed E-state index contributed by atoms with van der Waals surface area (Å²) >= 11 is 0. The summed E-state index contributed by atoms with van der Waals surface area (Å²) in [5.41, 5.74) is 2.31. The molecule has 29 heavy (non-hydrogen) atoms. The van der Waals surface area contributed by atoms with Crippen molar-refractivity contribution in [3.8, 4) is 5.75 Å². The second-order valence-corrected chi connectivity index (χ2v) is 6.92. The van der Waals surface area contributed by atoms with E-state index in [0.29, 0.717) is 13.2 Å². The maximum Gasteiger partial charge on any atom is 0.191 e. The van der Waals surface area contributed by atoms with E-state index in [4.69, 9.17) is 9.47 Å². The first kappa shape index (κ1) is 22.7. The molecule has 0 saturated heterocycles. The smallest absolute Gasteiger partial charge is 0.191 e. The Morgan fingerprint density at radius 2 is 1.79 bits per heavy atom. The van der Waals surface area contributed by atoms with Gasteiger partial charge in [0.05, 0.1) is 0 Å². The molecule has 2 aromatic carbocycles. The number of nitrogens with one attached hydrogen (secondary N) is 2. The molecule has 0 aliphatic rings. The standard InChI is InChI=1S/C23H34N4O2/c1-24-23(25-13-15-27(2)14-8-16-28-3)26-18-21-11-7-12-22(17-21)29-19-20-9-5-4-6-10-20/h4-7,9-12,17H,8,13-16,18-19H2,1-3H3,(H2,24,25,26). The zero-order valence-electron chi connectivity index (χ0n) is 17.9. The molecule has 0 spiro atoms. The molecule has 0 saturated carbocycles. The first-order valence-electron chi connectivity index (χ1n) is 10.1. The lowest BCUT2D eigenvalue weighted by Crippen LogP contribution is -2.40. The normalized spacial score (nSPS) is 11.5. The van der Waals surface area contributed by atoms with E-state index >= 15 is 0 Å². The molecule has 0 fully saturated rings. The fourth-order valence-corrected chi connectivity index (χ4v) is 2.85. The highest BCUT2D eigenvalue weighted by atomic mass is 16.5. The highest BCUT2D eigenvalue weighted by Crippen LogP contribution is 2.15. The van der Waals surface area contributed by atoms with Crippen LogP contribution in [0.25, 0.3) is 0 Å². The van der Waals surface area contributed by atoms with Crippen molar-refractivity contribution < 1.29 is 9.47 Å². The van der Waals surface area contributed by atoms with Crippen LogP contribution in [0.2, 0.25) is 0 Å². The van der Waals surface area contributed by atoms with Gasteiger partial charge in [0.2, 0.25) is 0 Å². The molecule has 0 unspecified atom stereocenters. The third-order valence-corrected chi connectivity index (χ3v) is 4.50. The largest absolute Gasteiger partial charge is 0.489 e. The molecule has 6 nitrogen and oxygen atoms in total. The quantitative estimate of drug-likeness (QED) is 0.327. The van der Waals surface area contributed by atoms with Crippen LogP contribution in [0.3, 0.4) is 0 Å². The molecule has 0 radical (unpaired) electrons. The lowest BCUT2D eigenvalue weighted by atomic mass is 10.2. The summed E-state index contributed by atoms with van der Waals surface area (Å²) < 4.78 is 11.0. The Hall–Kier alpha value is -2.57. The number of rotatable bonds is 12. The number of benzene rings is 2. The number of hydrogen-bond acceptors (Lipinski definition) is 4. The molecule has 0 bridgehead atoms. The summed E-state index contributed by atoms with van der Waals surface area (Å²) in [6.45, 7) is 4.87. The van der Waals surface area contributed by atoms with Crippen molar-refractivity contribution in [2.75, 3.05) is 47.4 Å². The molecule has 0 heterocycles.